The Morgan fingerprint density at radius 2 is 1.67 bits per heavy atom. The van der Waals surface area contributed by atoms with Gasteiger partial charge in [0.05, 0.1) is 6.42 Å². The lowest BCUT2D eigenvalue weighted by molar-refractivity contribution is -0.133. The van der Waals surface area contributed by atoms with Crippen LogP contribution in [0.4, 0.5) is 13.2 Å². The summed E-state index contributed by atoms with van der Waals surface area (Å²) in [6, 6.07) is 0.0101. The average Bonchev–Trinajstić information content (AvgIpc) is 1.99. The van der Waals surface area contributed by atoms with E-state index < -0.39 is 12.6 Å². The number of alkyl halides is 3. The van der Waals surface area contributed by atoms with Crippen molar-refractivity contribution in [2.24, 2.45) is 11.1 Å². The number of nitrogens with two attached hydrogens (primary N) is 1. The molecule has 0 amide bonds. The third-order valence-electron chi connectivity index (χ3n) is 2.33. The molecule has 0 aliphatic rings. The molecule has 0 radical (unpaired) electrons. The van der Waals surface area contributed by atoms with E-state index in [1.54, 1.807) is 0 Å². The van der Waals surface area contributed by atoms with Gasteiger partial charge >= 0.3 is 6.18 Å². The molecule has 0 bridgehead atoms. The minimum absolute atomic E-state index is 0.00566. The van der Waals surface area contributed by atoms with E-state index in [0.717, 1.165) is 0 Å². The maximum atomic E-state index is 11.8. The molecular formula is C10H21F3N2. The molecule has 1 unspecified atom stereocenters. The summed E-state index contributed by atoms with van der Waals surface area (Å²) in [7, 11) is 0. The topological polar surface area (TPSA) is 38.0 Å². The molecule has 0 heterocycles. The van der Waals surface area contributed by atoms with Gasteiger partial charge in [0, 0.05) is 12.6 Å². The zero-order chi connectivity index (χ0) is 12.1. The predicted octanol–water partition coefficient (Wildman–Crippen LogP) is 2.29. The Bertz CT molecular complexity index is 172. The number of halogens is 3. The summed E-state index contributed by atoms with van der Waals surface area (Å²) in [5, 5.41) is 2.74. The van der Waals surface area contributed by atoms with Crippen molar-refractivity contribution >= 4 is 0 Å². The third kappa shape index (κ3) is 8.69. The normalized spacial score (nSPS) is 15.4. The van der Waals surface area contributed by atoms with Gasteiger partial charge in [-0.25, -0.2) is 0 Å². The van der Waals surface area contributed by atoms with Crippen molar-refractivity contribution in [1.29, 1.82) is 0 Å². The summed E-state index contributed by atoms with van der Waals surface area (Å²) in [4.78, 5) is 0. The lowest BCUT2D eigenvalue weighted by Crippen LogP contribution is -2.38. The number of hydrogen-bond acceptors (Lipinski definition) is 2. The van der Waals surface area contributed by atoms with Crippen LogP contribution in [0.2, 0.25) is 0 Å². The molecule has 3 N–H and O–H groups in total. The van der Waals surface area contributed by atoms with Gasteiger partial charge in [-0.15, -0.1) is 0 Å². The Balaban J connectivity index is 3.48. The molecule has 0 rings (SSSR count). The fourth-order valence-electron chi connectivity index (χ4n) is 1.05. The fraction of sp³-hybridized carbons (Fsp3) is 1.00. The molecule has 5 heteroatoms. The lowest BCUT2D eigenvalue weighted by Gasteiger charge is -2.27. The van der Waals surface area contributed by atoms with E-state index in [1.165, 1.54) is 0 Å². The highest BCUT2D eigenvalue weighted by molar-refractivity contribution is 4.77. The van der Waals surface area contributed by atoms with Crippen molar-refractivity contribution in [2.45, 2.75) is 45.8 Å². The summed E-state index contributed by atoms with van der Waals surface area (Å²) in [5.74, 6) is 0. The first-order valence-electron chi connectivity index (χ1n) is 5.16. The van der Waals surface area contributed by atoms with Crippen LogP contribution in [0.15, 0.2) is 0 Å². The molecule has 0 saturated carbocycles. The summed E-state index contributed by atoms with van der Waals surface area (Å²) in [6.45, 7) is 6.57. The number of nitrogens with one attached hydrogen (secondary N) is 1. The van der Waals surface area contributed by atoms with Crippen LogP contribution in [0, 0.1) is 5.41 Å². The number of hydrogen-bond donors (Lipinski definition) is 2. The highest BCUT2D eigenvalue weighted by atomic mass is 19.4. The van der Waals surface area contributed by atoms with Crippen LogP contribution in [-0.2, 0) is 0 Å². The second kappa shape index (κ2) is 5.70. The second-order valence-corrected chi connectivity index (χ2v) is 4.88. The molecule has 0 saturated heterocycles. The zero-order valence-corrected chi connectivity index (χ0v) is 9.62. The summed E-state index contributed by atoms with van der Waals surface area (Å²) < 4.78 is 35.3. The first-order valence-corrected chi connectivity index (χ1v) is 5.16. The van der Waals surface area contributed by atoms with Crippen LogP contribution in [0.1, 0.15) is 33.6 Å². The van der Waals surface area contributed by atoms with Crippen LogP contribution >= 0.6 is 0 Å². The van der Waals surface area contributed by atoms with Crippen LogP contribution in [0.5, 0.6) is 0 Å². The van der Waals surface area contributed by atoms with E-state index in [1.807, 2.05) is 20.8 Å². The minimum atomic E-state index is -4.07. The van der Waals surface area contributed by atoms with Gasteiger partial charge in [-0.2, -0.15) is 13.2 Å². The standard InChI is InChI=1S/C10H21F3N2/c1-9(2,3)8(14)4-6-15-7-5-10(11,12)13/h8,15H,4-7,14H2,1-3H3. The monoisotopic (exact) mass is 226 g/mol. The maximum Gasteiger partial charge on any atom is 0.390 e. The summed E-state index contributed by atoms with van der Waals surface area (Å²) >= 11 is 0. The van der Waals surface area contributed by atoms with Gasteiger partial charge in [0.15, 0.2) is 0 Å². The molecular weight excluding hydrogens is 205 g/mol. The second-order valence-electron chi connectivity index (χ2n) is 4.88. The van der Waals surface area contributed by atoms with Gasteiger partial charge in [-0.3, -0.25) is 0 Å². The molecule has 0 aliphatic carbocycles. The maximum absolute atomic E-state index is 11.8. The first kappa shape index (κ1) is 14.7. The molecule has 1 atom stereocenters. The quantitative estimate of drug-likeness (QED) is 0.706. The van der Waals surface area contributed by atoms with Crippen LogP contribution in [0.3, 0.4) is 0 Å². The Hall–Kier alpha value is -0.290. The van der Waals surface area contributed by atoms with Crippen molar-refractivity contribution in [3.05, 3.63) is 0 Å². The SMILES string of the molecule is CC(C)(C)C(N)CCNCCC(F)(F)F. The number of rotatable bonds is 5. The fourth-order valence-corrected chi connectivity index (χ4v) is 1.05. The predicted molar refractivity (Wildman–Crippen MR) is 55.6 cm³/mol. The Kier molecular flexibility index (Phi) is 5.59. The van der Waals surface area contributed by atoms with E-state index in [2.05, 4.69) is 5.32 Å². The van der Waals surface area contributed by atoms with E-state index in [0.29, 0.717) is 13.0 Å². The smallest absolute Gasteiger partial charge is 0.327 e. The molecule has 0 aromatic heterocycles. The highest BCUT2D eigenvalue weighted by Gasteiger charge is 2.26. The minimum Gasteiger partial charge on any atom is -0.327 e. The molecule has 92 valence electrons. The van der Waals surface area contributed by atoms with Crippen molar-refractivity contribution in [2.75, 3.05) is 13.1 Å². The largest absolute Gasteiger partial charge is 0.390 e. The highest BCUT2D eigenvalue weighted by Crippen LogP contribution is 2.20. The lowest BCUT2D eigenvalue weighted by atomic mass is 9.85. The molecule has 0 spiro atoms. The van der Waals surface area contributed by atoms with Crippen molar-refractivity contribution < 1.29 is 13.2 Å². The van der Waals surface area contributed by atoms with Gasteiger partial charge in [-0.05, 0) is 18.4 Å². The Labute approximate surface area is 89.4 Å². The average molecular weight is 226 g/mol. The molecule has 0 aromatic carbocycles. The van der Waals surface area contributed by atoms with Crippen LogP contribution in [-0.4, -0.2) is 25.3 Å². The molecule has 0 aromatic rings. The van der Waals surface area contributed by atoms with Crippen LogP contribution < -0.4 is 11.1 Å². The summed E-state index contributed by atoms with van der Waals surface area (Å²) in [5.41, 5.74) is 5.86. The van der Waals surface area contributed by atoms with Crippen molar-refractivity contribution in [1.82, 2.24) is 5.32 Å². The molecule has 0 fully saturated rings. The van der Waals surface area contributed by atoms with Gasteiger partial charge in [0.25, 0.3) is 0 Å². The van der Waals surface area contributed by atoms with Gasteiger partial charge in [0.1, 0.15) is 0 Å². The van der Waals surface area contributed by atoms with E-state index in [4.69, 9.17) is 5.73 Å². The molecule has 0 aliphatic heterocycles. The van der Waals surface area contributed by atoms with Gasteiger partial charge in [-0.1, -0.05) is 20.8 Å². The van der Waals surface area contributed by atoms with Gasteiger partial charge < -0.3 is 11.1 Å². The Morgan fingerprint density at radius 1 is 1.13 bits per heavy atom. The first-order chi connectivity index (χ1) is 6.63. The van der Waals surface area contributed by atoms with Crippen molar-refractivity contribution in [3.8, 4) is 0 Å². The molecule has 15 heavy (non-hydrogen) atoms. The van der Waals surface area contributed by atoms with Crippen LogP contribution in [0.25, 0.3) is 0 Å². The molecule has 2 nitrogen and oxygen atoms in total. The Morgan fingerprint density at radius 3 is 2.07 bits per heavy atom. The van der Waals surface area contributed by atoms with E-state index >= 15 is 0 Å². The van der Waals surface area contributed by atoms with Gasteiger partial charge in [0.2, 0.25) is 0 Å². The third-order valence-corrected chi connectivity index (χ3v) is 2.33. The zero-order valence-electron chi connectivity index (χ0n) is 9.62. The van der Waals surface area contributed by atoms with E-state index in [-0.39, 0.29) is 18.0 Å². The van der Waals surface area contributed by atoms with E-state index in [9.17, 15) is 13.2 Å². The summed E-state index contributed by atoms with van der Waals surface area (Å²) in [6.07, 6.45) is -4.15. The van der Waals surface area contributed by atoms with Crippen molar-refractivity contribution in [3.63, 3.8) is 0 Å².